The van der Waals surface area contributed by atoms with E-state index in [4.69, 9.17) is 17.0 Å². The second-order valence-corrected chi connectivity index (χ2v) is 9.17. The summed E-state index contributed by atoms with van der Waals surface area (Å²) in [7, 11) is 1.40. The number of benzene rings is 1. The van der Waals surface area contributed by atoms with Gasteiger partial charge < -0.3 is 19.5 Å². The van der Waals surface area contributed by atoms with Crippen molar-refractivity contribution in [3.63, 3.8) is 0 Å². The lowest BCUT2D eigenvalue weighted by atomic mass is 9.96. The molecule has 8 heteroatoms. The van der Waals surface area contributed by atoms with Crippen LogP contribution in [0, 0.1) is 13.8 Å². The maximum Gasteiger partial charge on any atom is 0.339 e. The molecule has 0 unspecified atom stereocenters. The summed E-state index contributed by atoms with van der Waals surface area (Å²) in [5.41, 5.74) is 6.50. The number of esters is 1. The van der Waals surface area contributed by atoms with E-state index in [1.807, 2.05) is 55.5 Å². The summed E-state index contributed by atoms with van der Waals surface area (Å²) in [6.45, 7) is 4.76. The van der Waals surface area contributed by atoms with Gasteiger partial charge >= 0.3 is 5.97 Å². The van der Waals surface area contributed by atoms with Gasteiger partial charge in [0.1, 0.15) is 0 Å². The normalized spacial score (nSPS) is 17.2. The molecule has 182 valence electrons. The third-order valence-corrected chi connectivity index (χ3v) is 6.99. The summed E-state index contributed by atoms with van der Waals surface area (Å²) in [6.07, 6.45) is 5.39. The van der Waals surface area contributed by atoms with Crippen molar-refractivity contribution in [2.45, 2.75) is 32.5 Å². The van der Waals surface area contributed by atoms with E-state index < -0.39 is 0 Å². The highest BCUT2D eigenvalue weighted by molar-refractivity contribution is 7.80. The maximum atomic E-state index is 12.5. The van der Waals surface area contributed by atoms with Gasteiger partial charge in [0.2, 0.25) is 0 Å². The van der Waals surface area contributed by atoms with Crippen LogP contribution in [0.15, 0.2) is 79.3 Å². The molecule has 4 heterocycles. The van der Waals surface area contributed by atoms with Crippen molar-refractivity contribution in [1.29, 1.82) is 0 Å². The van der Waals surface area contributed by atoms with E-state index in [2.05, 4.69) is 37.7 Å². The van der Waals surface area contributed by atoms with Gasteiger partial charge in [0, 0.05) is 36.5 Å². The molecule has 36 heavy (non-hydrogen) atoms. The number of carbonyl (C=O) groups excluding carboxylic acids is 1. The average molecular weight is 498 g/mol. The van der Waals surface area contributed by atoms with Gasteiger partial charge in [-0.15, -0.1) is 0 Å². The number of nitrogens with one attached hydrogen (secondary N) is 1. The first-order chi connectivity index (χ1) is 17.5. The van der Waals surface area contributed by atoms with E-state index in [-0.39, 0.29) is 18.1 Å². The molecule has 1 saturated heterocycles. The molecule has 0 saturated carbocycles. The van der Waals surface area contributed by atoms with Crippen LogP contribution in [-0.4, -0.2) is 37.6 Å². The molecule has 0 spiro atoms. The van der Waals surface area contributed by atoms with Gasteiger partial charge in [-0.3, -0.25) is 9.97 Å². The zero-order valence-electron chi connectivity index (χ0n) is 20.4. The highest BCUT2D eigenvalue weighted by Gasteiger charge is 2.41. The monoisotopic (exact) mass is 497 g/mol. The van der Waals surface area contributed by atoms with E-state index in [1.54, 1.807) is 24.7 Å². The molecule has 1 aliphatic heterocycles. The fourth-order valence-electron chi connectivity index (χ4n) is 5.01. The summed E-state index contributed by atoms with van der Waals surface area (Å²) in [6, 6.07) is 19.4. The second-order valence-electron chi connectivity index (χ2n) is 8.78. The number of nitrogens with zero attached hydrogens (tertiary/aromatic N) is 4. The number of hydrogen-bond donors (Lipinski definition) is 1. The van der Waals surface area contributed by atoms with Crippen LogP contribution >= 0.6 is 12.2 Å². The highest BCUT2D eigenvalue weighted by atomic mass is 32.1. The smallest absolute Gasteiger partial charge is 0.339 e. The molecule has 0 bridgehead atoms. The van der Waals surface area contributed by atoms with Gasteiger partial charge in [-0.25, -0.2) is 4.79 Å². The number of para-hydroxylation sites is 1. The van der Waals surface area contributed by atoms with Crippen molar-refractivity contribution >= 4 is 23.3 Å². The standard InChI is InChI=1S/C28H27N5O2S/c1-18-16-22(19(2)33(18)24-10-5-4-8-21(24)27(34)35-3)26-25(23-9-6-7-13-30-23)31-28(36)32(26)17-20-11-14-29-15-12-20/h4-16,25-26H,17H2,1-3H3,(H,31,36)/t25-,26+/m1/s1. The van der Waals surface area contributed by atoms with Crippen LogP contribution in [0.2, 0.25) is 0 Å². The molecule has 1 fully saturated rings. The van der Waals surface area contributed by atoms with Crippen molar-refractivity contribution in [2.24, 2.45) is 0 Å². The molecular formula is C28H27N5O2S. The second kappa shape index (κ2) is 9.91. The minimum absolute atomic E-state index is 0.106. The zero-order chi connectivity index (χ0) is 25.2. The lowest BCUT2D eigenvalue weighted by Gasteiger charge is -2.28. The lowest BCUT2D eigenvalue weighted by Crippen LogP contribution is -2.29. The molecule has 1 aliphatic rings. The molecule has 5 rings (SSSR count). The van der Waals surface area contributed by atoms with Crippen LogP contribution in [0.4, 0.5) is 0 Å². The number of hydrogen-bond acceptors (Lipinski definition) is 5. The minimum atomic E-state index is -0.367. The molecule has 0 radical (unpaired) electrons. The first-order valence-electron chi connectivity index (χ1n) is 11.7. The van der Waals surface area contributed by atoms with E-state index in [0.29, 0.717) is 17.2 Å². The third-order valence-electron chi connectivity index (χ3n) is 6.64. The molecule has 0 amide bonds. The fourth-order valence-corrected chi connectivity index (χ4v) is 5.31. The van der Waals surface area contributed by atoms with Crippen molar-refractivity contribution in [2.75, 3.05) is 7.11 Å². The van der Waals surface area contributed by atoms with Crippen molar-refractivity contribution in [3.05, 3.63) is 113 Å². The van der Waals surface area contributed by atoms with Crippen LogP contribution in [-0.2, 0) is 11.3 Å². The van der Waals surface area contributed by atoms with E-state index in [0.717, 1.165) is 33.9 Å². The number of rotatable bonds is 6. The van der Waals surface area contributed by atoms with Gasteiger partial charge in [-0.1, -0.05) is 18.2 Å². The molecule has 7 nitrogen and oxygen atoms in total. The van der Waals surface area contributed by atoms with Gasteiger partial charge in [0.25, 0.3) is 0 Å². The number of carbonyl (C=O) groups is 1. The fraction of sp³-hybridized carbons (Fsp3) is 0.214. The Kier molecular flexibility index (Phi) is 6.52. The molecule has 4 aromatic rings. The number of aromatic nitrogens is 3. The number of methoxy groups -OCH3 is 1. The SMILES string of the molecule is COC(=O)c1ccccc1-n1c(C)cc([C@H]2[C@@H](c3ccccn3)NC(=S)N2Cc2ccncc2)c1C. The predicted molar refractivity (Wildman–Crippen MR) is 142 cm³/mol. The summed E-state index contributed by atoms with van der Waals surface area (Å²) in [5.74, 6) is -0.367. The number of pyridine rings is 2. The summed E-state index contributed by atoms with van der Waals surface area (Å²) >= 11 is 5.84. The van der Waals surface area contributed by atoms with Crippen LogP contribution < -0.4 is 5.32 Å². The molecule has 2 atom stereocenters. The number of aryl methyl sites for hydroxylation is 1. The largest absolute Gasteiger partial charge is 0.465 e. The molecule has 1 aromatic carbocycles. The lowest BCUT2D eigenvalue weighted by molar-refractivity contribution is 0.0600. The Morgan fingerprint density at radius 3 is 2.53 bits per heavy atom. The van der Waals surface area contributed by atoms with Crippen molar-refractivity contribution in [3.8, 4) is 5.69 Å². The maximum absolute atomic E-state index is 12.5. The summed E-state index contributed by atoms with van der Waals surface area (Å²) in [5, 5.41) is 4.19. The molecule has 3 aromatic heterocycles. The van der Waals surface area contributed by atoms with E-state index in [1.165, 1.54) is 7.11 Å². The number of thiocarbonyl (C=S) groups is 1. The molecular weight excluding hydrogens is 470 g/mol. The molecule has 1 N–H and O–H groups in total. The van der Waals surface area contributed by atoms with Gasteiger partial charge in [0.05, 0.1) is 36.1 Å². The third kappa shape index (κ3) is 4.24. The Labute approximate surface area is 215 Å². The highest BCUT2D eigenvalue weighted by Crippen LogP contribution is 2.42. The Balaban J connectivity index is 1.64. The first kappa shape index (κ1) is 23.7. The van der Waals surface area contributed by atoms with Gasteiger partial charge in [-0.2, -0.15) is 0 Å². The quantitative estimate of drug-likeness (QED) is 0.302. The predicted octanol–water partition coefficient (Wildman–Crippen LogP) is 4.84. The summed E-state index contributed by atoms with van der Waals surface area (Å²) in [4.78, 5) is 23.6. The Hall–Kier alpha value is -4.04. The van der Waals surface area contributed by atoms with Crippen LogP contribution in [0.1, 0.15) is 50.7 Å². The Morgan fingerprint density at radius 1 is 1.06 bits per heavy atom. The average Bonchev–Trinajstić information content (AvgIpc) is 3.39. The van der Waals surface area contributed by atoms with Gasteiger partial charge in [0.15, 0.2) is 5.11 Å². The van der Waals surface area contributed by atoms with Crippen LogP contribution in [0.5, 0.6) is 0 Å². The Morgan fingerprint density at radius 2 is 1.81 bits per heavy atom. The number of ether oxygens (including phenoxy) is 1. The zero-order valence-corrected chi connectivity index (χ0v) is 21.2. The van der Waals surface area contributed by atoms with E-state index in [9.17, 15) is 4.79 Å². The van der Waals surface area contributed by atoms with Crippen LogP contribution in [0.25, 0.3) is 5.69 Å². The summed E-state index contributed by atoms with van der Waals surface area (Å²) < 4.78 is 7.17. The minimum Gasteiger partial charge on any atom is -0.465 e. The molecule has 0 aliphatic carbocycles. The van der Waals surface area contributed by atoms with Crippen LogP contribution in [0.3, 0.4) is 0 Å². The van der Waals surface area contributed by atoms with Crippen molar-refractivity contribution in [1.82, 2.24) is 24.8 Å². The van der Waals surface area contributed by atoms with E-state index >= 15 is 0 Å². The topological polar surface area (TPSA) is 72.3 Å². The van der Waals surface area contributed by atoms with Gasteiger partial charge in [-0.05, 0) is 79.7 Å². The van der Waals surface area contributed by atoms with Crippen molar-refractivity contribution < 1.29 is 9.53 Å². The Bertz CT molecular complexity index is 1400. The first-order valence-corrected chi connectivity index (χ1v) is 12.1.